The Bertz CT molecular complexity index is 316. The van der Waals surface area contributed by atoms with Gasteiger partial charge < -0.3 is 10.8 Å². The molecule has 1 fully saturated rings. The predicted molar refractivity (Wildman–Crippen MR) is 61.5 cm³/mol. The molecular weight excluding hydrogens is 186 g/mol. The fraction of sp³-hybridized carbons (Fsp3) is 0.538. The third-order valence-corrected chi connectivity index (χ3v) is 3.46. The van der Waals surface area contributed by atoms with Crippen LogP contribution < -0.4 is 5.73 Å². The zero-order chi connectivity index (χ0) is 10.8. The summed E-state index contributed by atoms with van der Waals surface area (Å²) in [5.41, 5.74) is 8.32. The van der Waals surface area contributed by atoms with E-state index in [0.29, 0.717) is 5.92 Å². The standard InChI is InChI=1S/C13H19NO/c1-9-5-7-10(8-6-9)12(14)13(15)11-3-2-4-11/h5-8,11-13,15H,2-4,14H2,1H3/t12-,13+/m1/s1. The van der Waals surface area contributed by atoms with Crippen molar-refractivity contribution in [1.82, 2.24) is 0 Å². The first-order valence-corrected chi connectivity index (χ1v) is 5.68. The molecule has 2 nitrogen and oxygen atoms in total. The zero-order valence-electron chi connectivity index (χ0n) is 9.19. The second-order valence-electron chi connectivity index (χ2n) is 4.62. The molecule has 0 amide bonds. The minimum Gasteiger partial charge on any atom is -0.391 e. The maximum Gasteiger partial charge on any atom is 0.0760 e. The van der Waals surface area contributed by atoms with E-state index in [1.54, 1.807) is 0 Å². The summed E-state index contributed by atoms with van der Waals surface area (Å²) in [4.78, 5) is 0. The van der Waals surface area contributed by atoms with Crippen LogP contribution in [-0.4, -0.2) is 11.2 Å². The molecule has 1 aliphatic carbocycles. The summed E-state index contributed by atoms with van der Waals surface area (Å²) < 4.78 is 0. The van der Waals surface area contributed by atoms with E-state index in [1.165, 1.54) is 12.0 Å². The van der Waals surface area contributed by atoms with Crippen LogP contribution in [-0.2, 0) is 0 Å². The summed E-state index contributed by atoms with van der Waals surface area (Å²) in [5.74, 6) is 0.418. The van der Waals surface area contributed by atoms with Gasteiger partial charge in [0.25, 0.3) is 0 Å². The van der Waals surface area contributed by atoms with Gasteiger partial charge in [-0.25, -0.2) is 0 Å². The monoisotopic (exact) mass is 205 g/mol. The highest BCUT2D eigenvalue weighted by atomic mass is 16.3. The lowest BCUT2D eigenvalue weighted by Gasteiger charge is -2.33. The second-order valence-corrected chi connectivity index (χ2v) is 4.62. The first-order valence-electron chi connectivity index (χ1n) is 5.68. The zero-order valence-corrected chi connectivity index (χ0v) is 9.19. The molecule has 3 N–H and O–H groups in total. The molecule has 1 aliphatic rings. The molecule has 15 heavy (non-hydrogen) atoms. The molecule has 0 heterocycles. The summed E-state index contributed by atoms with van der Waals surface area (Å²) in [6.45, 7) is 2.05. The Labute approximate surface area is 91.1 Å². The third kappa shape index (κ3) is 2.21. The van der Waals surface area contributed by atoms with Crippen molar-refractivity contribution in [3.8, 4) is 0 Å². The highest BCUT2D eigenvalue weighted by Crippen LogP contribution is 2.34. The Morgan fingerprint density at radius 1 is 1.27 bits per heavy atom. The molecule has 2 heteroatoms. The fourth-order valence-electron chi connectivity index (χ4n) is 2.06. The van der Waals surface area contributed by atoms with Crippen LogP contribution in [0.5, 0.6) is 0 Å². The first-order chi connectivity index (χ1) is 7.18. The molecule has 0 unspecified atom stereocenters. The molecule has 0 saturated heterocycles. The predicted octanol–water partition coefficient (Wildman–Crippen LogP) is 2.16. The van der Waals surface area contributed by atoms with Crippen molar-refractivity contribution >= 4 is 0 Å². The van der Waals surface area contributed by atoms with Gasteiger partial charge in [-0.2, -0.15) is 0 Å². The van der Waals surface area contributed by atoms with Gasteiger partial charge in [-0.15, -0.1) is 0 Å². The number of nitrogens with two attached hydrogens (primary N) is 1. The third-order valence-electron chi connectivity index (χ3n) is 3.46. The molecule has 0 aliphatic heterocycles. The van der Waals surface area contributed by atoms with Crippen molar-refractivity contribution < 1.29 is 5.11 Å². The van der Waals surface area contributed by atoms with E-state index in [1.807, 2.05) is 24.3 Å². The Balaban J connectivity index is 2.05. The van der Waals surface area contributed by atoms with Crippen LogP contribution in [0.2, 0.25) is 0 Å². The van der Waals surface area contributed by atoms with Crippen LogP contribution in [0.4, 0.5) is 0 Å². The van der Waals surface area contributed by atoms with E-state index >= 15 is 0 Å². The van der Waals surface area contributed by atoms with E-state index in [4.69, 9.17) is 5.73 Å². The van der Waals surface area contributed by atoms with E-state index in [9.17, 15) is 5.11 Å². The lowest BCUT2D eigenvalue weighted by molar-refractivity contribution is 0.0414. The largest absolute Gasteiger partial charge is 0.391 e. The number of aliphatic hydroxyl groups is 1. The lowest BCUT2D eigenvalue weighted by Crippen LogP contribution is -2.36. The molecule has 0 bridgehead atoms. The maximum atomic E-state index is 10.0. The van der Waals surface area contributed by atoms with E-state index in [-0.39, 0.29) is 12.1 Å². The number of benzene rings is 1. The molecule has 0 spiro atoms. The van der Waals surface area contributed by atoms with Gasteiger partial charge in [-0.05, 0) is 31.2 Å². The average Bonchev–Trinajstić information content (AvgIpc) is 2.15. The minimum atomic E-state index is -0.374. The first kappa shape index (κ1) is 10.7. The number of rotatable bonds is 3. The van der Waals surface area contributed by atoms with Crippen molar-refractivity contribution in [2.45, 2.75) is 38.3 Å². The molecule has 0 radical (unpaired) electrons. The van der Waals surface area contributed by atoms with Gasteiger partial charge >= 0.3 is 0 Å². The van der Waals surface area contributed by atoms with Crippen LogP contribution in [0, 0.1) is 12.8 Å². The van der Waals surface area contributed by atoms with Gasteiger partial charge in [0.2, 0.25) is 0 Å². The molecule has 1 saturated carbocycles. The normalized spacial score (nSPS) is 20.7. The van der Waals surface area contributed by atoms with Crippen LogP contribution in [0.25, 0.3) is 0 Å². The summed E-state index contributed by atoms with van der Waals surface area (Å²) in [6, 6.07) is 7.89. The van der Waals surface area contributed by atoms with Gasteiger partial charge in [0.05, 0.1) is 12.1 Å². The summed E-state index contributed by atoms with van der Waals surface area (Å²) >= 11 is 0. The van der Waals surface area contributed by atoms with E-state index in [2.05, 4.69) is 6.92 Å². The molecule has 82 valence electrons. The van der Waals surface area contributed by atoms with Crippen molar-refractivity contribution in [1.29, 1.82) is 0 Å². The molecule has 1 aromatic rings. The molecule has 2 rings (SSSR count). The molecule has 2 atom stereocenters. The van der Waals surface area contributed by atoms with Crippen molar-refractivity contribution in [2.24, 2.45) is 11.7 Å². The highest BCUT2D eigenvalue weighted by molar-refractivity contribution is 5.24. The summed E-state index contributed by atoms with van der Waals surface area (Å²) in [7, 11) is 0. The highest BCUT2D eigenvalue weighted by Gasteiger charge is 2.30. The smallest absolute Gasteiger partial charge is 0.0760 e. The summed E-state index contributed by atoms with van der Waals surface area (Å²) in [6.07, 6.45) is 3.12. The quantitative estimate of drug-likeness (QED) is 0.794. The number of aliphatic hydroxyl groups excluding tert-OH is 1. The number of hydrogen-bond acceptors (Lipinski definition) is 2. The number of hydrogen-bond donors (Lipinski definition) is 2. The van der Waals surface area contributed by atoms with Gasteiger partial charge in [0.15, 0.2) is 0 Å². The van der Waals surface area contributed by atoms with Gasteiger partial charge in [-0.3, -0.25) is 0 Å². The molecule has 1 aromatic carbocycles. The molecule has 0 aromatic heterocycles. The maximum absolute atomic E-state index is 10.0. The van der Waals surface area contributed by atoms with E-state index in [0.717, 1.165) is 18.4 Å². The van der Waals surface area contributed by atoms with E-state index < -0.39 is 0 Å². The van der Waals surface area contributed by atoms with Crippen LogP contribution >= 0.6 is 0 Å². The van der Waals surface area contributed by atoms with Gasteiger partial charge in [-0.1, -0.05) is 36.2 Å². The van der Waals surface area contributed by atoms with Gasteiger partial charge in [0, 0.05) is 0 Å². The van der Waals surface area contributed by atoms with Crippen molar-refractivity contribution in [3.05, 3.63) is 35.4 Å². The van der Waals surface area contributed by atoms with Crippen molar-refractivity contribution in [3.63, 3.8) is 0 Å². The van der Waals surface area contributed by atoms with Gasteiger partial charge in [0.1, 0.15) is 0 Å². The Morgan fingerprint density at radius 2 is 1.87 bits per heavy atom. The lowest BCUT2D eigenvalue weighted by atomic mass is 9.77. The number of aryl methyl sites for hydroxylation is 1. The Morgan fingerprint density at radius 3 is 2.33 bits per heavy atom. The fourth-order valence-corrected chi connectivity index (χ4v) is 2.06. The molecular formula is C13H19NO. The minimum absolute atomic E-state index is 0.226. The Hall–Kier alpha value is -0.860. The van der Waals surface area contributed by atoms with Crippen LogP contribution in [0.15, 0.2) is 24.3 Å². The summed E-state index contributed by atoms with van der Waals surface area (Å²) in [5, 5.41) is 10.0. The second kappa shape index (κ2) is 4.33. The van der Waals surface area contributed by atoms with Crippen molar-refractivity contribution in [2.75, 3.05) is 0 Å². The topological polar surface area (TPSA) is 46.2 Å². The van der Waals surface area contributed by atoms with Crippen LogP contribution in [0.3, 0.4) is 0 Å². The Kier molecular flexibility index (Phi) is 3.08. The van der Waals surface area contributed by atoms with Crippen LogP contribution in [0.1, 0.15) is 36.4 Å². The average molecular weight is 205 g/mol. The SMILES string of the molecule is Cc1ccc([C@@H](N)[C@@H](O)C2CCC2)cc1.